The Morgan fingerprint density at radius 1 is 1.40 bits per heavy atom. The molecular weight excluding hydrogens is 254 g/mol. The molecule has 0 fully saturated rings. The third-order valence-corrected chi connectivity index (χ3v) is 3.97. The summed E-state index contributed by atoms with van der Waals surface area (Å²) >= 11 is 0. The zero-order valence-electron chi connectivity index (χ0n) is 11.8. The lowest BCUT2D eigenvalue weighted by Crippen LogP contribution is -2.12. The molecule has 0 spiro atoms. The van der Waals surface area contributed by atoms with Crippen molar-refractivity contribution in [2.75, 3.05) is 0 Å². The zero-order valence-corrected chi connectivity index (χ0v) is 11.8. The minimum Gasteiger partial charge on any atom is -0.485 e. The molecule has 0 amide bonds. The second kappa shape index (κ2) is 5.25. The molecule has 1 aliphatic carbocycles. The van der Waals surface area contributed by atoms with E-state index in [0.717, 1.165) is 47.8 Å². The fourth-order valence-electron chi connectivity index (χ4n) is 2.64. The summed E-state index contributed by atoms with van der Waals surface area (Å²) in [5.41, 5.74) is 2.13. The smallest absolute Gasteiger partial charge is 0.170 e. The monoisotopic (exact) mass is 273 g/mol. The molecule has 0 bridgehead atoms. The van der Waals surface area contributed by atoms with Crippen LogP contribution in [0, 0.1) is 6.92 Å². The number of ether oxygens (including phenoxy) is 1. The predicted molar refractivity (Wildman–Crippen MR) is 74.4 cm³/mol. The molecule has 1 aliphatic rings. The maximum absolute atomic E-state index is 10.0. The van der Waals surface area contributed by atoms with Crippen molar-refractivity contribution in [3.05, 3.63) is 41.0 Å². The third kappa shape index (κ3) is 2.29. The van der Waals surface area contributed by atoms with Crippen LogP contribution in [0.3, 0.4) is 0 Å². The molecule has 3 rings (SSSR count). The van der Waals surface area contributed by atoms with Gasteiger partial charge < -0.3 is 14.4 Å². The van der Waals surface area contributed by atoms with E-state index in [9.17, 15) is 5.11 Å². The minimum absolute atomic E-state index is 0.362. The molecule has 1 unspecified atom stereocenters. The lowest BCUT2D eigenvalue weighted by atomic mass is 9.89. The lowest BCUT2D eigenvalue weighted by Gasteiger charge is -2.23. The summed E-state index contributed by atoms with van der Waals surface area (Å²) in [6.45, 7) is 2.31. The zero-order chi connectivity index (χ0) is 14.1. The molecule has 0 saturated carbocycles. The molecule has 2 aromatic rings. The maximum Gasteiger partial charge on any atom is 0.170 e. The van der Waals surface area contributed by atoms with E-state index in [-0.39, 0.29) is 6.10 Å². The summed E-state index contributed by atoms with van der Waals surface area (Å²) in [5, 5.41) is 18.2. The van der Waals surface area contributed by atoms with E-state index in [1.54, 1.807) is 0 Å². The normalized spacial score (nSPS) is 17.9. The molecule has 1 aromatic heterocycles. The van der Waals surface area contributed by atoms with Gasteiger partial charge in [0.15, 0.2) is 5.82 Å². The highest BCUT2D eigenvalue weighted by Gasteiger charge is 2.21. The van der Waals surface area contributed by atoms with Crippen LogP contribution >= 0.6 is 0 Å². The van der Waals surface area contributed by atoms with Gasteiger partial charge in [-0.05, 0) is 43.4 Å². The summed E-state index contributed by atoms with van der Waals surface area (Å²) < 4.78 is 7.82. The summed E-state index contributed by atoms with van der Waals surface area (Å²) in [6, 6.07) is 5.88. The first-order valence-electron chi connectivity index (χ1n) is 6.94. The largest absolute Gasteiger partial charge is 0.485 e. The van der Waals surface area contributed by atoms with E-state index >= 15 is 0 Å². The van der Waals surface area contributed by atoms with Crippen molar-refractivity contribution < 1.29 is 9.84 Å². The number of rotatable bonds is 3. The van der Waals surface area contributed by atoms with Gasteiger partial charge in [-0.3, -0.25) is 0 Å². The Morgan fingerprint density at radius 3 is 3.00 bits per heavy atom. The van der Waals surface area contributed by atoms with Gasteiger partial charge in [0.05, 0.1) is 6.10 Å². The van der Waals surface area contributed by atoms with E-state index in [4.69, 9.17) is 4.74 Å². The first kappa shape index (κ1) is 13.1. The second-order valence-corrected chi connectivity index (χ2v) is 5.24. The van der Waals surface area contributed by atoms with E-state index < -0.39 is 0 Å². The Kier molecular flexibility index (Phi) is 3.44. The van der Waals surface area contributed by atoms with Crippen LogP contribution in [0.1, 0.15) is 41.7 Å². The second-order valence-electron chi connectivity index (χ2n) is 5.24. The van der Waals surface area contributed by atoms with Crippen LogP contribution in [-0.4, -0.2) is 19.9 Å². The third-order valence-electron chi connectivity index (χ3n) is 3.97. The van der Waals surface area contributed by atoms with Gasteiger partial charge in [0.1, 0.15) is 18.2 Å². The minimum atomic E-state index is -0.362. The Morgan fingerprint density at radius 2 is 2.25 bits per heavy atom. The molecule has 5 heteroatoms. The van der Waals surface area contributed by atoms with E-state index in [1.807, 2.05) is 36.7 Å². The highest BCUT2D eigenvalue weighted by Crippen LogP contribution is 2.35. The van der Waals surface area contributed by atoms with Crippen LogP contribution in [0.15, 0.2) is 18.2 Å². The van der Waals surface area contributed by atoms with Crippen molar-refractivity contribution in [1.29, 1.82) is 0 Å². The highest BCUT2D eigenvalue weighted by atomic mass is 16.5. The van der Waals surface area contributed by atoms with Crippen LogP contribution in [0.5, 0.6) is 5.75 Å². The fraction of sp³-hybridized carbons (Fsp3) is 0.467. The van der Waals surface area contributed by atoms with Crippen LogP contribution in [0.2, 0.25) is 0 Å². The van der Waals surface area contributed by atoms with Crippen LogP contribution < -0.4 is 4.74 Å². The number of fused-ring (bicyclic) bond motifs is 1. The van der Waals surface area contributed by atoms with E-state index in [0.29, 0.717) is 6.61 Å². The van der Waals surface area contributed by atoms with Crippen molar-refractivity contribution in [1.82, 2.24) is 14.8 Å². The van der Waals surface area contributed by atoms with Gasteiger partial charge >= 0.3 is 0 Å². The molecule has 106 valence electrons. The number of nitrogens with zero attached hydrogens (tertiary/aromatic N) is 3. The predicted octanol–water partition coefficient (Wildman–Crippen LogP) is 2.07. The van der Waals surface area contributed by atoms with E-state index in [1.165, 1.54) is 0 Å². The number of benzene rings is 1. The Labute approximate surface area is 118 Å². The molecule has 1 atom stereocenters. The first-order chi connectivity index (χ1) is 9.66. The quantitative estimate of drug-likeness (QED) is 0.930. The van der Waals surface area contributed by atoms with Gasteiger partial charge in [0.2, 0.25) is 0 Å². The number of hydrogen-bond acceptors (Lipinski definition) is 4. The number of aromatic nitrogens is 3. The molecule has 5 nitrogen and oxygen atoms in total. The highest BCUT2D eigenvalue weighted by molar-refractivity contribution is 5.42. The van der Waals surface area contributed by atoms with Gasteiger partial charge in [-0.1, -0.05) is 12.1 Å². The molecule has 0 radical (unpaired) electrons. The number of aryl methyl sites for hydroxylation is 1. The summed E-state index contributed by atoms with van der Waals surface area (Å²) in [4.78, 5) is 0. The number of aliphatic hydroxyl groups is 1. The van der Waals surface area contributed by atoms with Crippen molar-refractivity contribution >= 4 is 0 Å². The van der Waals surface area contributed by atoms with Gasteiger partial charge in [0.25, 0.3) is 0 Å². The molecule has 1 aromatic carbocycles. The standard InChI is InChI=1S/C15H19N3O2/c1-10-16-17-15(18(10)2)9-20-14-8-4-5-11-12(14)6-3-7-13(11)19/h4-5,8,13,19H,3,6-7,9H2,1-2H3. The van der Waals surface area contributed by atoms with Crippen molar-refractivity contribution in [2.24, 2.45) is 7.05 Å². The maximum atomic E-state index is 10.0. The molecule has 20 heavy (non-hydrogen) atoms. The van der Waals surface area contributed by atoms with Gasteiger partial charge in [0, 0.05) is 7.05 Å². The van der Waals surface area contributed by atoms with Crippen molar-refractivity contribution in [3.8, 4) is 5.75 Å². The fourth-order valence-corrected chi connectivity index (χ4v) is 2.64. The number of hydrogen-bond donors (Lipinski definition) is 1. The molecular formula is C15H19N3O2. The topological polar surface area (TPSA) is 60.2 Å². The SMILES string of the molecule is Cc1nnc(COc2cccc3c2CCCC3O)n1C. The van der Waals surface area contributed by atoms with Crippen molar-refractivity contribution in [3.63, 3.8) is 0 Å². The van der Waals surface area contributed by atoms with E-state index in [2.05, 4.69) is 10.2 Å². The average molecular weight is 273 g/mol. The molecule has 0 aliphatic heterocycles. The van der Waals surface area contributed by atoms with Crippen LogP contribution in [0.25, 0.3) is 0 Å². The van der Waals surface area contributed by atoms with Gasteiger partial charge in [-0.15, -0.1) is 10.2 Å². The molecule has 0 saturated heterocycles. The van der Waals surface area contributed by atoms with Gasteiger partial charge in [-0.25, -0.2) is 0 Å². The van der Waals surface area contributed by atoms with Crippen molar-refractivity contribution in [2.45, 2.75) is 38.9 Å². The van der Waals surface area contributed by atoms with Crippen LogP contribution in [-0.2, 0) is 20.1 Å². The Bertz CT molecular complexity index is 622. The van der Waals surface area contributed by atoms with Gasteiger partial charge in [-0.2, -0.15) is 0 Å². The average Bonchev–Trinajstić information content (AvgIpc) is 2.77. The number of aliphatic hydroxyl groups excluding tert-OH is 1. The first-order valence-corrected chi connectivity index (χ1v) is 6.94. The molecule has 1 N–H and O–H groups in total. The summed E-state index contributed by atoms with van der Waals surface area (Å²) in [6.07, 6.45) is 2.43. The lowest BCUT2D eigenvalue weighted by molar-refractivity contribution is 0.155. The Hall–Kier alpha value is -1.88. The summed E-state index contributed by atoms with van der Waals surface area (Å²) in [5.74, 6) is 2.52. The Balaban J connectivity index is 1.81. The molecule has 1 heterocycles. The summed E-state index contributed by atoms with van der Waals surface area (Å²) in [7, 11) is 1.93. The van der Waals surface area contributed by atoms with Crippen LogP contribution in [0.4, 0.5) is 0 Å².